The number of ether oxygens (including phenoxy) is 1. The van der Waals surface area contributed by atoms with Gasteiger partial charge in [0.2, 0.25) is 0 Å². The van der Waals surface area contributed by atoms with E-state index in [9.17, 15) is 4.79 Å². The molecule has 0 bridgehead atoms. The lowest BCUT2D eigenvalue weighted by Gasteiger charge is -2.21. The lowest BCUT2D eigenvalue weighted by atomic mass is 10.1. The molecular weight excluding hydrogens is 326 g/mol. The Hall–Kier alpha value is -0.650. The van der Waals surface area contributed by atoms with Crippen molar-refractivity contribution >= 4 is 29.4 Å². The van der Waals surface area contributed by atoms with Gasteiger partial charge in [0.15, 0.2) is 0 Å². The summed E-state index contributed by atoms with van der Waals surface area (Å²) in [5.74, 6) is 3.03. The van der Waals surface area contributed by atoms with Crippen molar-refractivity contribution in [2.75, 3.05) is 31.3 Å². The minimum absolute atomic E-state index is 0.00404. The first-order valence-corrected chi connectivity index (χ1v) is 10.5. The third-order valence-corrected chi connectivity index (χ3v) is 6.49. The summed E-state index contributed by atoms with van der Waals surface area (Å²) in [4.78, 5) is 12.1. The molecule has 1 heterocycles. The Labute approximate surface area is 148 Å². The molecule has 0 spiro atoms. The van der Waals surface area contributed by atoms with Gasteiger partial charge < -0.3 is 10.1 Å². The van der Waals surface area contributed by atoms with Crippen LogP contribution < -0.4 is 5.32 Å². The number of amides is 1. The van der Waals surface area contributed by atoms with Crippen LogP contribution in [0.25, 0.3) is 0 Å². The predicted molar refractivity (Wildman–Crippen MR) is 101 cm³/mol. The van der Waals surface area contributed by atoms with Gasteiger partial charge in [-0.1, -0.05) is 26.0 Å². The molecule has 0 aliphatic carbocycles. The van der Waals surface area contributed by atoms with Gasteiger partial charge in [-0.15, -0.1) is 23.5 Å². The van der Waals surface area contributed by atoms with Crippen molar-refractivity contribution in [3.05, 3.63) is 35.4 Å². The molecule has 0 saturated carbocycles. The lowest BCUT2D eigenvalue weighted by Crippen LogP contribution is -2.25. The number of hydrogen-bond acceptors (Lipinski definition) is 4. The van der Waals surface area contributed by atoms with Crippen molar-refractivity contribution in [1.29, 1.82) is 0 Å². The van der Waals surface area contributed by atoms with Gasteiger partial charge in [-0.3, -0.25) is 4.79 Å². The Morgan fingerprint density at radius 3 is 2.61 bits per heavy atom. The molecule has 1 aliphatic heterocycles. The second kappa shape index (κ2) is 10.3. The molecule has 1 aromatic carbocycles. The molecule has 5 heteroatoms. The topological polar surface area (TPSA) is 38.3 Å². The van der Waals surface area contributed by atoms with Crippen molar-refractivity contribution < 1.29 is 9.53 Å². The molecule has 1 aliphatic rings. The van der Waals surface area contributed by atoms with Crippen molar-refractivity contribution in [1.82, 2.24) is 5.32 Å². The van der Waals surface area contributed by atoms with Crippen molar-refractivity contribution in [3.63, 3.8) is 0 Å². The highest BCUT2D eigenvalue weighted by atomic mass is 32.2. The number of rotatable bonds is 8. The van der Waals surface area contributed by atoms with Crippen molar-refractivity contribution in [3.8, 4) is 0 Å². The van der Waals surface area contributed by atoms with Gasteiger partial charge in [-0.25, -0.2) is 0 Å². The zero-order valence-electron chi connectivity index (χ0n) is 14.0. The predicted octanol–water partition coefficient (Wildman–Crippen LogP) is 4.35. The van der Waals surface area contributed by atoms with E-state index in [1.54, 1.807) is 0 Å². The third kappa shape index (κ3) is 6.77. The first-order valence-electron chi connectivity index (χ1n) is 8.36. The Bertz CT molecular complexity index is 470. The maximum atomic E-state index is 12.1. The number of hydrogen-bond donors (Lipinski definition) is 1. The quantitative estimate of drug-likeness (QED) is 0.705. The number of carbonyl (C=O) groups excluding carboxylic acids is 1. The number of thioether (sulfide) groups is 2. The van der Waals surface area contributed by atoms with Gasteiger partial charge in [0.1, 0.15) is 0 Å². The van der Waals surface area contributed by atoms with Crippen LogP contribution in [0, 0.1) is 5.92 Å². The molecule has 1 N–H and O–H groups in total. The first-order chi connectivity index (χ1) is 11.2. The molecule has 1 amide bonds. The number of carbonyl (C=O) groups is 1. The smallest absolute Gasteiger partial charge is 0.251 e. The summed E-state index contributed by atoms with van der Waals surface area (Å²) in [7, 11) is 0. The van der Waals surface area contributed by atoms with Crippen molar-refractivity contribution in [2.24, 2.45) is 5.92 Å². The standard InChI is InChI=1S/C18H27NO2S2/c1-14(2)13-21-10-3-9-19-17(20)15-5-7-16(8-6-15)18-22-11-4-12-23-18/h5-8,14,18H,3-4,9-13H2,1-2H3,(H,19,20). The van der Waals surface area contributed by atoms with Crippen LogP contribution >= 0.6 is 23.5 Å². The minimum Gasteiger partial charge on any atom is -0.381 e. The fourth-order valence-corrected chi connectivity index (χ4v) is 5.16. The van der Waals surface area contributed by atoms with Crippen LogP contribution in [-0.2, 0) is 4.74 Å². The summed E-state index contributed by atoms with van der Waals surface area (Å²) < 4.78 is 6.04. The van der Waals surface area contributed by atoms with E-state index in [0.29, 0.717) is 23.7 Å². The molecule has 0 aromatic heterocycles. The largest absolute Gasteiger partial charge is 0.381 e. The van der Waals surface area contributed by atoms with Crippen molar-refractivity contribution in [2.45, 2.75) is 31.3 Å². The van der Waals surface area contributed by atoms with E-state index in [4.69, 9.17) is 4.74 Å². The Morgan fingerprint density at radius 2 is 1.96 bits per heavy atom. The molecular formula is C18H27NO2S2. The van der Waals surface area contributed by atoms with Gasteiger partial charge >= 0.3 is 0 Å². The summed E-state index contributed by atoms with van der Waals surface area (Å²) in [6, 6.07) is 8.07. The van der Waals surface area contributed by atoms with Crippen LogP contribution in [0.4, 0.5) is 0 Å². The minimum atomic E-state index is 0.00404. The molecule has 1 saturated heterocycles. The fraction of sp³-hybridized carbons (Fsp3) is 0.611. The summed E-state index contributed by atoms with van der Waals surface area (Å²) >= 11 is 4.00. The molecule has 0 radical (unpaired) electrons. The molecule has 0 atom stereocenters. The average Bonchev–Trinajstić information content (AvgIpc) is 2.58. The number of nitrogens with one attached hydrogen (secondary N) is 1. The van der Waals surface area contributed by atoms with E-state index in [1.807, 2.05) is 35.7 Å². The second-order valence-electron chi connectivity index (χ2n) is 6.13. The van der Waals surface area contributed by atoms with Crippen LogP contribution in [0.15, 0.2) is 24.3 Å². The molecule has 128 valence electrons. The van der Waals surface area contributed by atoms with Crippen LogP contribution in [0.5, 0.6) is 0 Å². The maximum absolute atomic E-state index is 12.1. The van der Waals surface area contributed by atoms with E-state index < -0.39 is 0 Å². The highest BCUT2D eigenvalue weighted by Gasteiger charge is 2.16. The van der Waals surface area contributed by atoms with Gasteiger partial charge in [0.25, 0.3) is 5.91 Å². The van der Waals surface area contributed by atoms with Crippen LogP contribution in [0.1, 0.15) is 47.2 Å². The van der Waals surface area contributed by atoms with Crippen LogP contribution in [-0.4, -0.2) is 37.2 Å². The molecule has 3 nitrogen and oxygen atoms in total. The first kappa shape index (κ1) is 18.7. The SMILES string of the molecule is CC(C)COCCCNC(=O)c1ccc(C2SCCCS2)cc1. The zero-order valence-corrected chi connectivity index (χ0v) is 15.7. The van der Waals surface area contributed by atoms with E-state index >= 15 is 0 Å². The van der Waals surface area contributed by atoms with Crippen LogP contribution in [0.3, 0.4) is 0 Å². The van der Waals surface area contributed by atoms with E-state index in [1.165, 1.54) is 23.5 Å². The highest BCUT2D eigenvalue weighted by Crippen LogP contribution is 2.43. The fourth-order valence-electron chi connectivity index (χ4n) is 2.27. The molecule has 2 rings (SSSR count). The van der Waals surface area contributed by atoms with Gasteiger partial charge in [-0.05, 0) is 48.0 Å². The van der Waals surface area contributed by atoms with E-state index in [-0.39, 0.29) is 5.91 Å². The summed E-state index contributed by atoms with van der Waals surface area (Å²) in [5, 5.41) is 2.96. The summed E-state index contributed by atoms with van der Waals surface area (Å²) in [6.07, 6.45) is 2.15. The zero-order chi connectivity index (χ0) is 16.5. The van der Waals surface area contributed by atoms with Crippen LogP contribution in [0.2, 0.25) is 0 Å². The van der Waals surface area contributed by atoms with E-state index in [0.717, 1.165) is 18.6 Å². The molecule has 23 heavy (non-hydrogen) atoms. The maximum Gasteiger partial charge on any atom is 0.251 e. The molecule has 1 aromatic rings. The Kier molecular flexibility index (Phi) is 8.34. The number of benzene rings is 1. The molecule has 0 unspecified atom stereocenters. The monoisotopic (exact) mass is 353 g/mol. The van der Waals surface area contributed by atoms with Gasteiger partial charge in [0.05, 0.1) is 4.58 Å². The normalized spacial score (nSPS) is 15.8. The Morgan fingerprint density at radius 1 is 1.26 bits per heavy atom. The molecule has 1 fully saturated rings. The Balaban J connectivity index is 1.70. The summed E-state index contributed by atoms with van der Waals surface area (Å²) in [5.41, 5.74) is 2.06. The van der Waals surface area contributed by atoms with Gasteiger partial charge in [-0.2, -0.15) is 0 Å². The second-order valence-corrected chi connectivity index (χ2v) is 8.85. The van der Waals surface area contributed by atoms with E-state index in [2.05, 4.69) is 31.3 Å². The average molecular weight is 354 g/mol. The lowest BCUT2D eigenvalue weighted by molar-refractivity contribution is 0.0925. The highest BCUT2D eigenvalue weighted by molar-refractivity contribution is 8.16. The summed E-state index contributed by atoms with van der Waals surface area (Å²) in [6.45, 7) is 6.42. The van der Waals surface area contributed by atoms with Gasteiger partial charge in [0, 0.05) is 25.3 Å². The third-order valence-electron chi connectivity index (χ3n) is 3.47.